The minimum Gasteiger partial charge on any atom is -0.395 e. The maximum atomic E-state index is 13.1. The summed E-state index contributed by atoms with van der Waals surface area (Å²) in [6.45, 7) is -1.92. The van der Waals surface area contributed by atoms with Gasteiger partial charge in [-0.1, -0.05) is 12.1 Å². The fourth-order valence-corrected chi connectivity index (χ4v) is 1.91. The molecule has 98 valence electrons. The molecule has 0 saturated heterocycles. The Bertz CT molecular complexity index is 527. The van der Waals surface area contributed by atoms with Crippen molar-refractivity contribution < 1.29 is 13.9 Å². The molecule has 0 aliphatic heterocycles. The van der Waals surface area contributed by atoms with Gasteiger partial charge in [0.25, 0.3) is 0 Å². The van der Waals surface area contributed by atoms with Crippen LogP contribution in [0.2, 0.25) is 0 Å². The molecule has 0 fully saturated rings. The quantitative estimate of drug-likeness (QED) is 0.886. The summed E-state index contributed by atoms with van der Waals surface area (Å²) in [4.78, 5) is 5.97. The van der Waals surface area contributed by atoms with Gasteiger partial charge in [-0.2, -0.15) is 8.78 Å². The van der Waals surface area contributed by atoms with E-state index < -0.39 is 6.55 Å². The molecule has 1 heterocycles. The van der Waals surface area contributed by atoms with Gasteiger partial charge in [-0.05, 0) is 19.2 Å². The number of benzene rings is 1. The number of alkyl halides is 2. The van der Waals surface area contributed by atoms with Crippen LogP contribution in [0.5, 0.6) is 0 Å². The largest absolute Gasteiger partial charge is 0.395 e. The molecule has 2 rings (SSSR count). The van der Waals surface area contributed by atoms with Gasteiger partial charge in [0.15, 0.2) is 0 Å². The number of likely N-dealkylation sites (N-methyl/N-ethyl adjacent to an activating group) is 1. The van der Waals surface area contributed by atoms with Crippen molar-refractivity contribution in [1.29, 1.82) is 0 Å². The zero-order chi connectivity index (χ0) is 13.1. The Morgan fingerprint density at radius 1 is 1.39 bits per heavy atom. The van der Waals surface area contributed by atoms with Gasteiger partial charge in [0, 0.05) is 6.54 Å². The van der Waals surface area contributed by atoms with Crippen molar-refractivity contribution in [1.82, 2.24) is 14.5 Å². The molecule has 0 aliphatic rings. The summed E-state index contributed by atoms with van der Waals surface area (Å²) >= 11 is 0. The predicted molar refractivity (Wildman–Crippen MR) is 64.4 cm³/mol. The van der Waals surface area contributed by atoms with Crippen molar-refractivity contribution in [3.05, 3.63) is 30.1 Å². The summed E-state index contributed by atoms with van der Waals surface area (Å²) in [6, 6.07) is 6.82. The molecule has 0 radical (unpaired) electrons. The molecule has 6 heteroatoms. The summed E-state index contributed by atoms with van der Waals surface area (Å²) in [5, 5.41) is 8.82. The third kappa shape index (κ3) is 2.49. The molecule has 0 aliphatic carbocycles. The van der Waals surface area contributed by atoms with Crippen LogP contribution in [0.3, 0.4) is 0 Å². The lowest BCUT2D eigenvalue weighted by molar-refractivity contribution is 0.0686. The minimum absolute atomic E-state index is 0.00852. The van der Waals surface area contributed by atoms with Gasteiger partial charge in [-0.15, -0.1) is 0 Å². The number of hydrogen-bond donors (Lipinski definition) is 1. The van der Waals surface area contributed by atoms with Gasteiger partial charge in [0.1, 0.15) is 5.82 Å². The first-order valence-electron chi connectivity index (χ1n) is 5.67. The number of aliphatic hydroxyl groups is 1. The number of fused-ring (bicyclic) bond motifs is 1. The van der Waals surface area contributed by atoms with E-state index in [1.165, 1.54) is 0 Å². The standard InChI is InChI=1S/C12H15F2N3O/c1-16(6-7-18)8-11-15-9-4-2-3-5-10(9)17(11)12(13)14/h2-5,12,18H,6-8H2,1H3. The van der Waals surface area contributed by atoms with Crippen molar-refractivity contribution in [2.24, 2.45) is 0 Å². The van der Waals surface area contributed by atoms with Gasteiger partial charge in [0.05, 0.1) is 24.2 Å². The lowest BCUT2D eigenvalue weighted by Gasteiger charge is -2.15. The molecular formula is C12H15F2N3O. The second-order valence-electron chi connectivity index (χ2n) is 4.13. The molecule has 1 aromatic heterocycles. The second-order valence-corrected chi connectivity index (χ2v) is 4.13. The summed E-state index contributed by atoms with van der Waals surface area (Å²) in [7, 11) is 1.76. The lowest BCUT2D eigenvalue weighted by atomic mass is 10.3. The zero-order valence-electron chi connectivity index (χ0n) is 10.1. The smallest absolute Gasteiger partial charge is 0.320 e. The van der Waals surface area contributed by atoms with Crippen molar-refractivity contribution >= 4 is 11.0 Å². The fraction of sp³-hybridized carbons (Fsp3) is 0.417. The number of aromatic nitrogens is 2. The Labute approximate surface area is 103 Å². The number of aliphatic hydroxyl groups excluding tert-OH is 1. The number of rotatable bonds is 5. The van der Waals surface area contributed by atoms with Gasteiger partial charge in [-0.25, -0.2) is 4.98 Å². The molecule has 0 bridgehead atoms. The zero-order valence-corrected chi connectivity index (χ0v) is 10.1. The van der Waals surface area contributed by atoms with Crippen LogP contribution in [0, 0.1) is 0 Å². The van der Waals surface area contributed by atoms with Crippen LogP contribution in [0.1, 0.15) is 12.4 Å². The SMILES string of the molecule is CN(CCO)Cc1nc2ccccc2n1C(F)F. The van der Waals surface area contributed by atoms with Crippen LogP contribution in [0.15, 0.2) is 24.3 Å². The molecule has 18 heavy (non-hydrogen) atoms. The van der Waals surface area contributed by atoms with Gasteiger partial charge >= 0.3 is 6.55 Å². The first-order chi connectivity index (χ1) is 8.63. The molecule has 4 nitrogen and oxygen atoms in total. The molecule has 2 aromatic rings. The monoisotopic (exact) mass is 255 g/mol. The normalized spacial score (nSPS) is 11.9. The number of nitrogens with zero attached hydrogens (tertiary/aromatic N) is 3. The molecule has 0 saturated carbocycles. The number of para-hydroxylation sites is 2. The van der Waals surface area contributed by atoms with E-state index in [9.17, 15) is 8.78 Å². The van der Waals surface area contributed by atoms with E-state index in [1.54, 1.807) is 36.2 Å². The van der Waals surface area contributed by atoms with Gasteiger partial charge < -0.3 is 5.11 Å². The first-order valence-corrected chi connectivity index (χ1v) is 5.67. The lowest BCUT2D eigenvalue weighted by Crippen LogP contribution is -2.23. The van der Waals surface area contributed by atoms with E-state index in [2.05, 4.69) is 4.98 Å². The van der Waals surface area contributed by atoms with Crippen molar-refractivity contribution in [2.45, 2.75) is 13.1 Å². The summed E-state index contributed by atoms with van der Waals surface area (Å²) in [6.07, 6.45) is 0. The van der Waals surface area contributed by atoms with Crippen LogP contribution in [0.4, 0.5) is 8.78 Å². The van der Waals surface area contributed by atoms with Crippen LogP contribution in [-0.4, -0.2) is 39.8 Å². The number of halogens is 2. The van der Waals surface area contributed by atoms with Crippen LogP contribution >= 0.6 is 0 Å². The molecule has 0 amide bonds. The molecular weight excluding hydrogens is 240 g/mol. The number of hydrogen-bond acceptors (Lipinski definition) is 3. The summed E-state index contributed by atoms with van der Waals surface area (Å²) < 4.78 is 27.1. The highest BCUT2D eigenvalue weighted by Crippen LogP contribution is 2.23. The van der Waals surface area contributed by atoms with E-state index in [1.807, 2.05) is 0 Å². The average molecular weight is 255 g/mol. The molecule has 0 spiro atoms. The van der Waals surface area contributed by atoms with Crippen LogP contribution in [-0.2, 0) is 6.54 Å². The Hall–Kier alpha value is -1.53. The maximum absolute atomic E-state index is 13.1. The average Bonchev–Trinajstić information content (AvgIpc) is 2.66. The Kier molecular flexibility index (Phi) is 3.88. The Balaban J connectivity index is 2.39. The molecule has 1 N–H and O–H groups in total. The Morgan fingerprint density at radius 2 is 2.11 bits per heavy atom. The highest BCUT2D eigenvalue weighted by molar-refractivity contribution is 5.75. The highest BCUT2D eigenvalue weighted by atomic mass is 19.3. The third-order valence-corrected chi connectivity index (χ3v) is 2.76. The molecule has 0 atom stereocenters. The van der Waals surface area contributed by atoms with Crippen LogP contribution in [0.25, 0.3) is 11.0 Å². The van der Waals surface area contributed by atoms with Crippen molar-refractivity contribution in [2.75, 3.05) is 20.2 Å². The third-order valence-electron chi connectivity index (χ3n) is 2.76. The fourth-order valence-electron chi connectivity index (χ4n) is 1.91. The van der Waals surface area contributed by atoms with Gasteiger partial charge in [-0.3, -0.25) is 9.47 Å². The maximum Gasteiger partial charge on any atom is 0.320 e. The topological polar surface area (TPSA) is 41.3 Å². The predicted octanol–water partition coefficient (Wildman–Crippen LogP) is 1.86. The van der Waals surface area contributed by atoms with E-state index in [-0.39, 0.29) is 13.2 Å². The number of imidazole rings is 1. The molecule has 1 aromatic carbocycles. The summed E-state index contributed by atoms with van der Waals surface area (Å²) in [5.74, 6) is 0.308. The van der Waals surface area contributed by atoms with E-state index >= 15 is 0 Å². The van der Waals surface area contributed by atoms with Gasteiger partial charge in [0.2, 0.25) is 0 Å². The molecule has 0 unspecified atom stereocenters. The van der Waals surface area contributed by atoms with Crippen molar-refractivity contribution in [3.8, 4) is 0 Å². The summed E-state index contributed by atoms with van der Waals surface area (Å²) in [5.41, 5.74) is 0.991. The Morgan fingerprint density at radius 3 is 2.78 bits per heavy atom. The minimum atomic E-state index is -2.62. The van der Waals surface area contributed by atoms with Crippen LogP contribution < -0.4 is 0 Å². The second kappa shape index (κ2) is 5.41. The van der Waals surface area contributed by atoms with E-state index in [0.717, 1.165) is 4.57 Å². The van der Waals surface area contributed by atoms with E-state index in [0.29, 0.717) is 23.4 Å². The van der Waals surface area contributed by atoms with Crippen molar-refractivity contribution in [3.63, 3.8) is 0 Å². The van der Waals surface area contributed by atoms with E-state index in [4.69, 9.17) is 5.11 Å². The first kappa shape index (κ1) is 12.9. The highest BCUT2D eigenvalue weighted by Gasteiger charge is 2.18.